The molecule has 1 atom stereocenters. The lowest BCUT2D eigenvalue weighted by Gasteiger charge is -2.14. The van der Waals surface area contributed by atoms with Crippen molar-refractivity contribution in [1.29, 1.82) is 5.26 Å². The Hall–Kier alpha value is -3.00. The van der Waals surface area contributed by atoms with Crippen molar-refractivity contribution in [2.45, 2.75) is 25.9 Å². The number of nitriles is 1. The van der Waals surface area contributed by atoms with E-state index in [1.54, 1.807) is 31.2 Å². The average molecular weight is 338 g/mol. The van der Waals surface area contributed by atoms with Gasteiger partial charge in [-0.1, -0.05) is 18.2 Å². The monoisotopic (exact) mass is 338 g/mol. The zero-order chi connectivity index (χ0) is 17.9. The lowest BCUT2D eigenvalue weighted by atomic mass is 10.2. The first-order valence-electron chi connectivity index (χ1n) is 8.31. The molecule has 0 spiro atoms. The van der Waals surface area contributed by atoms with E-state index in [9.17, 15) is 4.79 Å². The maximum Gasteiger partial charge on any atom is 0.260 e. The van der Waals surface area contributed by atoms with Crippen molar-refractivity contribution in [1.82, 2.24) is 5.32 Å². The minimum Gasteiger partial charge on any atom is -0.494 e. The molecule has 2 aromatic rings. The molecule has 0 bridgehead atoms. The van der Waals surface area contributed by atoms with Gasteiger partial charge < -0.3 is 14.8 Å². The van der Waals surface area contributed by atoms with Crippen molar-refractivity contribution in [3.8, 4) is 17.6 Å². The van der Waals surface area contributed by atoms with E-state index in [0.717, 1.165) is 18.6 Å². The zero-order valence-corrected chi connectivity index (χ0v) is 14.3. The Balaban J connectivity index is 1.60. The van der Waals surface area contributed by atoms with Gasteiger partial charge in [0.1, 0.15) is 11.5 Å². The lowest BCUT2D eigenvalue weighted by Crippen LogP contribution is -2.36. The van der Waals surface area contributed by atoms with Crippen molar-refractivity contribution >= 4 is 5.91 Å². The number of benzene rings is 2. The molecule has 0 fully saturated rings. The Morgan fingerprint density at radius 3 is 2.48 bits per heavy atom. The highest BCUT2D eigenvalue weighted by molar-refractivity contribution is 5.80. The number of nitrogens with one attached hydrogen (secondary N) is 1. The van der Waals surface area contributed by atoms with Crippen LogP contribution in [0, 0.1) is 11.3 Å². The summed E-state index contributed by atoms with van der Waals surface area (Å²) < 4.78 is 11.2. The van der Waals surface area contributed by atoms with Gasteiger partial charge in [0, 0.05) is 6.54 Å². The second-order valence-electron chi connectivity index (χ2n) is 5.56. The fraction of sp³-hybridized carbons (Fsp3) is 0.300. The Bertz CT molecular complexity index is 693. The van der Waals surface area contributed by atoms with E-state index >= 15 is 0 Å². The molecule has 0 unspecified atom stereocenters. The number of hydrogen-bond acceptors (Lipinski definition) is 4. The molecular formula is C20H22N2O3. The standard InChI is InChI=1S/C20H22N2O3/c1-16(25-19-11-9-17(15-21)10-12-19)20(23)22-13-5-6-14-24-18-7-3-2-4-8-18/h2-4,7-12,16H,5-6,13-14H2,1H3,(H,22,23)/t16-/m0/s1. The predicted molar refractivity (Wildman–Crippen MR) is 95.4 cm³/mol. The van der Waals surface area contributed by atoms with Gasteiger partial charge in [-0.05, 0) is 56.2 Å². The molecule has 2 aromatic carbocycles. The summed E-state index contributed by atoms with van der Waals surface area (Å²) in [5.74, 6) is 1.27. The van der Waals surface area contributed by atoms with Gasteiger partial charge in [-0.15, -0.1) is 0 Å². The van der Waals surface area contributed by atoms with Crippen LogP contribution in [0.15, 0.2) is 54.6 Å². The molecular weight excluding hydrogens is 316 g/mol. The molecule has 0 heterocycles. The third kappa shape index (κ3) is 6.56. The van der Waals surface area contributed by atoms with Crippen LogP contribution in [0.5, 0.6) is 11.5 Å². The number of nitrogens with zero attached hydrogens (tertiary/aromatic N) is 1. The van der Waals surface area contributed by atoms with Crippen LogP contribution in [0.1, 0.15) is 25.3 Å². The molecule has 0 saturated carbocycles. The number of carbonyl (C=O) groups is 1. The van der Waals surface area contributed by atoms with Gasteiger partial charge >= 0.3 is 0 Å². The van der Waals surface area contributed by atoms with E-state index in [0.29, 0.717) is 24.5 Å². The van der Waals surface area contributed by atoms with E-state index in [-0.39, 0.29) is 5.91 Å². The van der Waals surface area contributed by atoms with Gasteiger partial charge in [-0.2, -0.15) is 5.26 Å². The van der Waals surface area contributed by atoms with E-state index in [2.05, 4.69) is 5.32 Å². The first-order chi connectivity index (χ1) is 12.2. The Kier molecular flexibility index (Phi) is 7.33. The van der Waals surface area contributed by atoms with Crippen LogP contribution >= 0.6 is 0 Å². The maximum absolute atomic E-state index is 12.0. The van der Waals surface area contributed by atoms with Crippen molar-refractivity contribution in [3.05, 3.63) is 60.2 Å². The van der Waals surface area contributed by atoms with Gasteiger partial charge in [0.15, 0.2) is 6.10 Å². The maximum atomic E-state index is 12.0. The van der Waals surface area contributed by atoms with Crippen LogP contribution in [0.25, 0.3) is 0 Å². The van der Waals surface area contributed by atoms with Gasteiger partial charge in [0.25, 0.3) is 5.91 Å². The lowest BCUT2D eigenvalue weighted by molar-refractivity contribution is -0.127. The summed E-state index contributed by atoms with van der Waals surface area (Å²) >= 11 is 0. The van der Waals surface area contributed by atoms with E-state index in [1.807, 2.05) is 36.4 Å². The highest BCUT2D eigenvalue weighted by atomic mass is 16.5. The van der Waals surface area contributed by atoms with Crippen molar-refractivity contribution < 1.29 is 14.3 Å². The number of amides is 1. The quantitative estimate of drug-likeness (QED) is 0.712. The molecule has 1 N–H and O–H groups in total. The van der Waals surface area contributed by atoms with Crippen molar-refractivity contribution in [2.75, 3.05) is 13.2 Å². The zero-order valence-electron chi connectivity index (χ0n) is 14.3. The third-order valence-electron chi connectivity index (χ3n) is 3.55. The van der Waals surface area contributed by atoms with Crippen LogP contribution in [0.2, 0.25) is 0 Å². The second kappa shape index (κ2) is 9.99. The summed E-state index contributed by atoms with van der Waals surface area (Å²) in [6, 6.07) is 18.4. The first-order valence-corrected chi connectivity index (χ1v) is 8.31. The molecule has 5 heteroatoms. The summed E-state index contributed by atoms with van der Waals surface area (Å²) in [6.07, 6.45) is 1.11. The highest BCUT2D eigenvalue weighted by Gasteiger charge is 2.13. The molecule has 0 saturated heterocycles. The molecule has 25 heavy (non-hydrogen) atoms. The summed E-state index contributed by atoms with van der Waals surface area (Å²) in [5.41, 5.74) is 0.558. The van der Waals surface area contributed by atoms with Gasteiger partial charge in [0.05, 0.1) is 18.2 Å². The molecule has 0 aliphatic heterocycles. The minimum absolute atomic E-state index is 0.159. The number of ether oxygens (including phenoxy) is 2. The van der Waals surface area contributed by atoms with Gasteiger partial charge in [-0.3, -0.25) is 4.79 Å². The fourth-order valence-electron chi connectivity index (χ4n) is 2.15. The van der Waals surface area contributed by atoms with Crippen LogP contribution in [-0.2, 0) is 4.79 Å². The van der Waals surface area contributed by atoms with Crippen molar-refractivity contribution in [3.63, 3.8) is 0 Å². The highest BCUT2D eigenvalue weighted by Crippen LogP contribution is 2.13. The molecule has 5 nitrogen and oxygen atoms in total. The Labute approximate surface area is 148 Å². The SMILES string of the molecule is C[C@H](Oc1ccc(C#N)cc1)C(=O)NCCCCOc1ccccc1. The minimum atomic E-state index is -0.589. The van der Waals surface area contributed by atoms with Gasteiger partial charge in [-0.25, -0.2) is 0 Å². The fourth-order valence-corrected chi connectivity index (χ4v) is 2.15. The molecule has 0 radical (unpaired) electrons. The van der Waals surface area contributed by atoms with Crippen LogP contribution in [0.4, 0.5) is 0 Å². The molecule has 2 rings (SSSR count). The number of para-hydroxylation sites is 1. The van der Waals surface area contributed by atoms with Crippen molar-refractivity contribution in [2.24, 2.45) is 0 Å². The smallest absolute Gasteiger partial charge is 0.260 e. The molecule has 0 aromatic heterocycles. The van der Waals surface area contributed by atoms with Gasteiger partial charge in [0.2, 0.25) is 0 Å². The summed E-state index contributed by atoms with van der Waals surface area (Å²) in [4.78, 5) is 12.0. The first kappa shape index (κ1) is 18.3. The summed E-state index contributed by atoms with van der Waals surface area (Å²) in [5, 5.41) is 11.6. The second-order valence-corrected chi connectivity index (χ2v) is 5.56. The number of hydrogen-bond donors (Lipinski definition) is 1. The van der Waals surface area contributed by atoms with Crippen LogP contribution < -0.4 is 14.8 Å². The van der Waals surface area contributed by atoms with Crippen LogP contribution in [-0.4, -0.2) is 25.2 Å². The predicted octanol–water partition coefficient (Wildman–Crippen LogP) is 3.30. The number of unbranched alkanes of at least 4 members (excludes halogenated alkanes) is 1. The average Bonchev–Trinajstić information content (AvgIpc) is 2.65. The number of rotatable bonds is 9. The summed E-state index contributed by atoms with van der Waals surface area (Å²) in [6.45, 7) is 2.90. The molecule has 130 valence electrons. The third-order valence-corrected chi connectivity index (χ3v) is 3.55. The topological polar surface area (TPSA) is 71.3 Å². The Morgan fingerprint density at radius 2 is 1.80 bits per heavy atom. The van der Waals surface area contributed by atoms with Crippen LogP contribution in [0.3, 0.4) is 0 Å². The molecule has 1 amide bonds. The largest absolute Gasteiger partial charge is 0.494 e. The van der Waals surface area contributed by atoms with E-state index in [1.165, 1.54) is 0 Å². The van der Waals surface area contributed by atoms with E-state index in [4.69, 9.17) is 14.7 Å². The molecule has 0 aliphatic carbocycles. The summed E-state index contributed by atoms with van der Waals surface area (Å²) in [7, 11) is 0. The normalized spacial score (nSPS) is 11.2. The van der Waals surface area contributed by atoms with E-state index < -0.39 is 6.10 Å². The number of carbonyl (C=O) groups excluding carboxylic acids is 1. The molecule has 0 aliphatic rings. The Morgan fingerprint density at radius 1 is 1.08 bits per heavy atom.